The second kappa shape index (κ2) is 7.55. The van der Waals surface area contributed by atoms with Gasteiger partial charge in [-0.15, -0.1) is 11.3 Å². The third-order valence-corrected chi connectivity index (χ3v) is 7.35. The van der Waals surface area contributed by atoms with E-state index in [0.29, 0.717) is 0 Å². The van der Waals surface area contributed by atoms with Crippen LogP contribution in [0.25, 0.3) is 33.3 Å². The quantitative estimate of drug-likeness (QED) is 0.433. The molecule has 1 unspecified atom stereocenters. The lowest BCUT2D eigenvalue weighted by Crippen LogP contribution is -2.07. The van der Waals surface area contributed by atoms with E-state index in [0.717, 1.165) is 43.2 Å². The molecule has 1 atom stereocenters. The Hall–Kier alpha value is -3.23. The molecule has 8 heteroatoms. The van der Waals surface area contributed by atoms with Crippen LogP contribution >= 0.6 is 11.3 Å². The molecule has 1 aromatic carbocycles. The van der Waals surface area contributed by atoms with E-state index in [1.165, 1.54) is 15.4 Å². The van der Waals surface area contributed by atoms with Crippen LogP contribution in [0.2, 0.25) is 0 Å². The van der Waals surface area contributed by atoms with Gasteiger partial charge in [-0.05, 0) is 35.2 Å². The molecule has 0 amide bonds. The highest BCUT2D eigenvalue weighted by Crippen LogP contribution is 2.31. The highest BCUT2D eigenvalue weighted by atomic mass is 32.2. The molecular weight excluding hydrogens is 414 g/mol. The molecule has 5 aromatic rings. The van der Waals surface area contributed by atoms with Gasteiger partial charge in [0, 0.05) is 60.4 Å². The zero-order valence-corrected chi connectivity index (χ0v) is 18.1. The number of nitrogens with zero attached hydrogens (tertiary/aromatic N) is 4. The second-order valence-electron chi connectivity index (χ2n) is 7.08. The van der Waals surface area contributed by atoms with Gasteiger partial charge >= 0.3 is 0 Å². The van der Waals surface area contributed by atoms with E-state index in [2.05, 4.69) is 50.3 Å². The van der Waals surface area contributed by atoms with Crippen LogP contribution in [-0.4, -0.2) is 37.5 Å². The van der Waals surface area contributed by atoms with Gasteiger partial charge in [0.05, 0.1) is 6.20 Å². The zero-order chi connectivity index (χ0) is 20.7. The first-order valence-electron chi connectivity index (χ1n) is 9.36. The van der Waals surface area contributed by atoms with Crippen LogP contribution in [-0.2, 0) is 11.0 Å². The van der Waals surface area contributed by atoms with Crippen LogP contribution in [0.4, 0.5) is 5.69 Å². The minimum absolute atomic E-state index is 0.772. The number of aromatic nitrogens is 4. The summed E-state index contributed by atoms with van der Waals surface area (Å²) in [4.78, 5) is 9.90. The van der Waals surface area contributed by atoms with Gasteiger partial charge < -0.3 is 9.88 Å². The van der Waals surface area contributed by atoms with Crippen LogP contribution in [0, 0.1) is 0 Å². The molecule has 0 radical (unpaired) electrons. The van der Waals surface area contributed by atoms with Crippen LogP contribution in [0.1, 0.15) is 0 Å². The van der Waals surface area contributed by atoms with Gasteiger partial charge in [0.1, 0.15) is 9.86 Å². The van der Waals surface area contributed by atoms with Gasteiger partial charge in [0.15, 0.2) is 11.0 Å². The Labute approximate surface area is 180 Å². The van der Waals surface area contributed by atoms with Crippen LogP contribution in [0.15, 0.2) is 76.8 Å². The topological polar surface area (TPSA) is 66.8 Å². The summed E-state index contributed by atoms with van der Waals surface area (Å²) >= 11 is 1.46. The molecule has 150 valence electrons. The molecule has 4 aromatic heterocycles. The fourth-order valence-corrected chi connectivity index (χ4v) is 5.24. The Balaban J connectivity index is 1.52. The predicted molar refractivity (Wildman–Crippen MR) is 123 cm³/mol. The number of hydrogen-bond acceptors (Lipinski definition) is 5. The van der Waals surface area contributed by atoms with E-state index in [-0.39, 0.29) is 0 Å². The Morgan fingerprint density at radius 2 is 1.90 bits per heavy atom. The van der Waals surface area contributed by atoms with Gasteiger partial charge in [-0.3, -0.25) is 0 Å². The van der Waals surface area contributed by atoms with E-state index in [1.807, 2.05) is 50.2 Å². The monoisotopic (exact) mass is 433 g/mol. The van der Waals surface area contributed by atoms with E-state index in [4.69, 9.17) is 0 Å². The van der Waals surface area contributed by atoms with Crippen molar-refractivity contribution in [2.75, 3.05) is 19.0 Å². The van der Waals surface area contributed by atoms with Crippen molar-refractivity contribution >= 4 is 39.0 Å². The molecule has 5 rings (SSSR count). The third kappa shape index (κ3) is 3.34. The van der Waals surface area contributed by atoms with Crippen LogP contribution in [0.3, 0.4) is 0 Å². The van der Waals surface area contributed by atoms with Crippen molar-refractivity contribution in [2.24, 2.45) is 0 Å². The van der Waals surface area contributed by atoms with E-state index in [1.54, 1.807) is 6.20 Å². The lowest BCUT2D eigenvalue weighted by atomic mass is 10.0. The van der Waals surface area contributed by atoms with Crippen molar-refractivity contribution in [3.8, 4) is 22.3 Å². The first-order chi connectivity index (χ1) is 14.6. The molecule has 4 heterocycles. The highest BCUT2D eigenvalue weighted by Gasteiger charge is 2.14. The number of benzene rings is 1. The summed E-state index contributed by atoms with van der Waals surface area (Å²) in [6, 6.07) is 14.3. The van der Waals surface area contributed by atoms with Gasteiger partial charge in [-0.25, -0.2) is 9.19 Å². The van der Waals surface area contributed by atoms with Crippen molar-refractivity contribution in [3.63, 3.8) is 0 Å². The standard InChI is InChI=1S/C22H19N5OS2/c1-26(2)18-7-5-15(6-8-18)16-10-19-20(13-24-22(19)23-11-16)17-12-25-27(14-17)30(28)21-4-3-9-29-21/h3-14H,1-2H3,(H,23,24). The Morgan fingerprint density at radius 3 is 2.63 bits per heavy atom. The molecule has 0 saturated carbocycles. The zero-order valence-electron chi connectivity index (χ0n) is 16.4. The molecule has 6 nitrogen and oxygen atoms in total. The molecule has 0 saturated heterocycles. The minimum atomic E-state index is -1.34. The SMILES string of the molecule is CN(C)c1ccc(-c2cnc3[nH]cc(-c4cnn(S(=O)c5cccs5)c4)c3c2)cc1. The summed E-state index contributed by atoms with van der Waals surface area (Å²) in [6.07, 6.45) is 7.36. The Kier molecular flexibility index (Phi) is 4.72. The van der Waals surface area contributed by atoms with E-state index >= 15 is 0 Å². The minimum Gasteiger partial charge on any atom is -0.378 e. The summed E-state index contributed by atoms with van der Waals surface area (Å²) in [7, 11) is 2.72. The molecule has 0 fully saturated rings. The van der Waals surface area contributed by atoms with Crippen LogP contribution in [0.5, 0.6) is 0 Å². The number of anilines is 1. The predicted octanol–water partition coefficient (Wildman–Crippen LogP) is 4.79. The smallest absolute Gasteiger partial charge is 0.183 e. The Morgan fingerprint density at radius 1 is 1.07 bits per heavy atom. The summed E-state index contributed by atoms with van der Waals surface area (Å²) in [5.41, 5.74) is 6.00. The lowest BCUT2D eigenvalue weighted by Gasteiger charge is -2.12. The maximum Gasteiger partial charge on any atom is 0.183 e. The lowest BCUT2D eigenvalue weighted by molar-refractivity contribution is 0.672. The first kappa shape index (κ1) is 18.8. The molecule has 30 heavy (non-hydrogen) atoms. The average Bonchev–Trinajstić information content (AvgIpc) is 3.53. The summed E-state index contributed by atoms with van der Waals surface area (Å²) in [5, 5.41) is 7.24. The van der Waals surface area contributed by atoms with Crippen LogP contribution < -0.4 is 4.90 Å². The molecule has 0 bridgehead atoms. The number of hydrogen-bond donors (Lipinski definition) is 1. The maximum absolute atomic E-state index is 12.7. The van der Waals surface area contributed by atoms with Crippen molar-refractivity contribution in [1.82, 2.24) is 19.2 Å². The van der Waals surface area contributed by atoms with Gasteiger partial charge in [0.2, 0.25) is 0 Å². The molecule has 0 aliphatic heterocycles. The number of thiophene rings is 1. The van der Waals surface area contributed by atoms with E-state index < -0.39 is 11.0 Å². The van der Waals surface area contributed by atoms with Crippen molar-refractivity contribution in [2.45, 2.75) is 4.21 Å². The van der Waals surface area contributed by atoms with Crippen molar-refractivity contribution < 1.29 is 4.21 Å². The molecule has 1 N–H and O–H groups in total. The fourth-order valence-electron chi connectivity index (χ4n) is 3.34. The Bertz CT molecular complexity index is 1330. The number of H-pyrrole nitrogens is 1. The number of fused-ring (bicyclic) bond motifs is 1. The summed E-state index contributed by atoms with van der Waals surface area (Å²) in [6.45, 7) is 0. The van der Waals surface area contributed by atoms with E-state index in [9.17, 15) is 4.21 Å². The number of aromatic amines is 1. The molecule has 0 aliphatic carbocycles. The number of nitrogens with one attached hydrogen (secondary N) is 1. The fraction of sp³-hybridized carbons (Fsp3) is 0.0909. The normalized spacial score (nSPS) is 12.3. The summed E-state index contributed by atoms with van der Waals surface area (Å²) < 4.78 is 14.9. The summed E-state index contributed by atoms with van der Waals surface area (Å²) in [5.74, 6) is 0. The van der Waals surface area contributed by atoms with Gasteiger partial charge in [-0.1, -0.05) is 18.2 Å². The van der Waals surface area contributed by atoms with Gasteiger partial charge in [-0.2, -0.15) is 9.19 Å². The first-order valence-corrected chi connectivity index (χ1v) is 11.3. The second-order valence-corrected chi connectivity index (χ2v) is 9.59. The maximum atomic E-state index is 12.7. The average molecular weight is 434 g/mol. The number of rotatable bonds is 5. The largest absolute Gasteiger partial charge is 0.378 e. The third-order valence-electron chi connectivity index (χ3n) is 4.96. The van der Waals surface area contributed by atoms with Gasteiger partial charge in [0.25, 0.3) is 0 Å². The van der Waals surface area contributed by atoms with Crippen molar-refractivity contribution in [1.29, 1.82) is 0 Å². The number of pyridine rings is 1. The highest BCUT2D eigenvalue weighted by molar-refractivity contribution is 7.85. The molecule has 0 aliphatic rings. The molecule has 0 spiro atoms. The molecular formula is C22H19N5OS2. The van der Waals surface area contributed by atoms with Crippen molar-refractivity contribution in [3.05, 3.63) is 72.6 Å².